The molecule has 102 valence electrons. The normalized spacial score (nSPS) is 20.5. The zero-order chi connectivity index (χ0) is 13.1. The van der Waals surface area contributed by atoms with E-state index >= 15 is 0 Å². The zero-order valence-corrected chi connectivity index (χ0v) is 12.7. The third-order valence-corrected chi connectivity index (χ3v) is 5.27. The van der Waals surface area contributed by atoms with E-state index in [0.717, 1.165) is 12.6 Å². The number of aryl methyl sites for hydroxylation is 1. The quantitative estimate of drug-likeness (QED) is 0.880. The summed E-state index contributed by atoms with van der Waals surface area (Å²) in [5, 5.41) is 2.20. The zero-order valence-electron chi connectivity index (χ0n) is 11.9. The molecule has 0 bridgehead atoms. The number of nitrogens with two attached hydrogens (primary N) is 1. The van der Waals surface area contributed by atoms with Gasteiger partial charge in [0.15, 0.2) is 0 Å². The van der Waals surface area contributed by atoms with Crippen LogP contribution in [0.15, 0.2) is 11.4 Å². The van der Waals surface area contributed by atoms with Gasteiger partial charge in [-0.2, -0.15) is 0 Å². The van der Waals surface area contributed by atoms with Gasteiger partial charge in [-0.25, -0.2) is 0 Å². The van der Waals surface area contributed by atoms with Gasteiger partial charge in [0, 0.05) is 17.0 Å². The predicted molar refractivity (Wildman–Crippen MR) is 80.1 cm³/mol. The summed E-state index contributed by atoms with van der Waals surface area (Å²) in [5.41, 5.74) is 7.71. The van der Waals surface area contributed by atoms with Crippen molar-refractivity contribution in [3.8, 4) is 0 Å². The molecule has 0 aromatic carbocycles. The number of hydrogen-bond acceptors (Lipinski definition) is 3. The van der Waals surface area contributed by atoms with Gasteiger partial charge in [0.05, 0.1) is 6.04 Å². The fourth-order valence-electron chi connectivity index (χ4n) is 3.30. The van der Waals surface area contributed by atoms with Gasteiger partial charge in [0.25, 0.3) is 0 Å². The van der Waals surface area contributed by atoms with Gasteiger partial charge in [0.2, 0.25) is 0 Å². The molecule has 1 aromatic rings. The largest absolute Gasteiger partial charge is 0.326 e. The lowest BCUT2D eigenvalue weighted by atomic mass is 10.0. The average molecular weight is 266 g/mol. The first-order valence-corrected chi connectivity index (χ1v) is 8.08. The number of nitrogens with zero attached hydrogens (tertiary/aromatic N) is 1. The predicted octanol–water partition coefficient (Wildman–Crippen LogP) is 3.71. The second-order valence-electron chi connectivity index (χ2n) is 5.54. The Morgan fingerprint density at radius 1 is 1.44 bits per heavy atom. The molecule has 2 N–H and O–H groups in total. The van der Waals surface area contributed by atoms with Crippen LogP contribution in [-0.2, 0) is 0 Å². The van der Waals surface area contributed by atoms with E-state index < -0.39 is 0 Å². The Hall–Kier alpha value is -0.380. The smallest absolute Gasteiger partial charge is 0.0595 e. The Labute approximate surface area is 115 Å². The molecule has 2 unspecified atom stereocenters. The molecule has 0 saturated heterocycles. The van der Waals surface area contributed by atoms with Gasteiger partial charge in [0.1, 0.15) is 0 Å². The van der Waals surface area contributed by atoms with Crippen molar-refractivity contribution < 1.29 is 0 Å². The van der Waals surface area contributed by atoms with Crippen molar-refractivity contribution in [3.05, 3.63) is 21.9 Å². The van der Waals surface area contributed by atoms with E-state index in [0.29, 0.717) is 6.04 Å². The summed E-state index contributed by atoms with van der Waals surface area (Å²) in [6.45, 7) is 7.75. The number of hydrogen-bond donors (Lipinski definition) is 1. The molecule has 1 aromatic heterocycles. The summed E-state index contributed by atoms with van der Waals surface area (Å²) < 4.78 is 0. The first kappa shape index (κ1) is 14.0. The molecule has 1 saturated carbocycles. The Morgan fingerprint density at radius 2 is 2.11 bits per heavy atom. The molecule has 1 heterocycles. The van der Waals surface area contributed by atoms with E-state index in [1.807, 2.05) is 11.3 Å². The molecule has 2 rings (SSSR count). The maximum Gasteiger partial charge on any atom is 0.0595 e. The van der Waals surface area contributed by atoms with Gasteiger partial charge in [-0.3, -0.25) is 4.90 Å². The second kappa shape index (κ2) is 6.18. The van der Waals surface area contributed by atoms with Crippen LogP contribution in [0.1, 0.15) is 56.0 Å². The van der Waals surface area contributed by atoms with E-state index in [1.165, 1.54) is 36.1 Å². The highest BCUT2D eigenvalue weighted by molar-refractivity contribution is 7.10. The minimum Gasteiger partial charge on any atom is -0.326 e. The summed E-state index contributed by atoms with van der Waals surface area (Å²) in [5.74, 6) is 0. The van der Waals surface area contributed by atoms with Crippen LogP contribution in [-0.4, -0.2) is 23.5 Å². The van der Waals surface area contributed by atoms with Crippen LogP contribution < -0.4 is 5.73 Å². The monoisotopic (exact) mass is 266 g/mol. The third kappa shape index (κ3) is 2.79. The van der Waals surface area contributed by atoms with Gasteiger partial charge in [-0.15, -0.1) is 11.3 Å². The van der Waals surface area contributed by atoms with Crippen LogP contribution in [0.3, 0.4) is 0 Å². The van der Waals surface area contributed by atoms with Gasteiger partial charge in [-0.1, -0.05) is 19.8 Å². The molecule has 1 aliphatic carbocycles. The SMILES string of the molecule is CCN(C1CCCC1)C(c1sccc1C)C(C)N. The lowest BCUT2D eigenvalue weighted by Crippen LogP contribution is -2.44. The molecule has 2 atom stereocenters. The standard InChI is InChI=1S/C15H26N2S/c1-4-17(13-7-5-6-8-13)14(12(3)16)15-11(2)9-10-18-15/h9-10,12-14H,4-8,16H2,1-3H3. The molecule has 18 heavy (non-hydrogen) atoms. The van der Waals surface area contributed by atoms with E-state index in [-0.39, 0.29) is 6.04 Å². The fraction of sp³-hybridized carbons (Fsp3) is 0.733. The van der Waals surface area contributed by atoms with Crippen molar-refractivity contribution in [2.45, 2.75) is 64.6 Å². The maximum atomic E-state index is 6.31. The van der Waals surface area contributed by atoms with Crippen LogP contribution in [0.2, 0.25) is 0 Å². The third-order valence-electron chi connectivity index (χ3n) is 4.18. The molecule has 2 nitrogen and oxygen atoms in total. The molecular weight excluding hydrogens is 240 g/mol. The molecule has 1 aliphatic rings. The Morgan fingerprint density at radius 3 is 2.56 bits per heavy atom. The van der Waals surface area contributed by atoms with Crippen molar-refractivity contribution >= 4 is 11.3 Å². The minimum atomic E-state index is 0.197. The summed E-state index contributed by atoms with van der Waals surface area (Å²) in [4.78, 5) is 4.12. The molecule has 0 spiro atoms. The highest BCUT2D eigenvalue weighted by Crippen LogP contribution is 2.35. The van der Waals surface area contributed by atoms with Crippen molar-refractivity contribution in [2.24, 2.45) is 5.73 Å². The van der Waals surface area contributed by atoms with E-state index in [9.17, 15) is 0 Å². The second-order valence-corrected chi connectivity index (χ2v) is 6.49. The lowest BCUT2D eigenvalue weighted by molar-refractivity contribution is 0.129. The number of thiophene rings is 1. The first-order valence-electron chi connectivity index (χ1n) is 7.20. The van der Waals surface area contributed by atoms with Crippen LogP contribution in [0, 0.1) is 6.92 Å². The van der Waals surface area contributed by atoms with Crippen LogP contribution >= 0.6 is 11.3 Å². The van der Waals surface area contributed by atoms with Crippen molar-refractivity contribution in [1.29, 1.82) is 0 Å². The number of rotatable bonds is 5. The summed E-state index contributed by atoms with van der Waals surface area (Å²) in [6.07, 6.45) is 5.47. The Bertz CT molecular complexity index is 366. The molecule has 1 fully saturated rings. The molecule has 0 aliphatic heterocycles. The van der Waals surface area contributed by atoms with Crippen LogP contribution in [0.25, 0.3) is 0 Å². The van der Waals surface area contributed by atoms with Crippen LogP contribution in [0.4, 0.5) is 0 Å². The highest BCUT2D eigenvalue weighted by atomic mass is 32.1. The average Bonchev–Trinajstić information content (AvgIpc) is 2.96. The Kier molecular flexibility index (Phi) is 4.82. The molecule has 3 heteroatoms. The van der Waals surface area contributed by atoms with E-state index in [2.05, 4.69) is 37.1 Å². The van der Waals surface area contributed by atoms with Crippen molar-refractivity contribution in [2.75, 3.05) is 6.54 Å². The maximum absolute atomic E-state index is 6.31. The molecular formula is C15H26N2S. The van der Waals surface area contributed by atoms with Crippen molar-refractivity contribution in [3.63, 3.8) is 0 Å². The fourth-order valence-corrected chi connectivity index (χ4v) is 4.46. The summed E-state index contributed by atoms with van der Waals surface area (Å²) in [6, 6.07) is 3.56. The number of likely N-dealkylation sites (N-methyl/N-ethyl adjacent to an activating group) is 1. The Balaban J connectivity index is 2.25. The van der Waals surface area contributed by atoms with Crippen molar-refractivity contribution in [1.82, 2.24) is 4.90 Å². The van der Waals surface area contributed by atoms with E-state index in [4.69, 9.17) is 5.73 Å². The summed E-state index contributed by atoms with van der Waals surface area (Å²) >= 11 is 1.87. The minimum absolute atomic E-state index is 0.197. The first-order chi connectivity index (χ1) is 8.65. The topological polar surface area (TPSA) is 29.3 Å². The highest BCUT2D eigenvalue weighted by Gasteiger charge is 2.31. The molecule has 0 radical (unpaired) electrons. The summed E-state index contributed by atoms with van der Waals surface area (Å²) in [7, 11) is 0. The van der Waals surface area contributed by atoms with Gasteiger partial charge >= 0.3 is 0 Å². The molecule has 0 amide bonds. The van der Waals surface area contributed by atoms with Crippen LogP contribution in [0.5, 0.6) is 0 Å². The van der Waals surface area contributed by atoms with Gasteiger partial charge in [-0.05, 0) is 50.2 Å². The lowest BCUT2D eigenvalue weighted by Gasteiger charge is -2.37. The van der Waals surface area contributed by atoms with Gasteiger partial charge < -0.3 is 5.73 Å². The van der Waals surface area contributed by atoms with E-state index in [1.54, 1.807) is 0 Å².